The Labute approximate surface area is 243 Å². The normalized spacial score (nSPS) is 18.7. The highest BCUT2D eigenvalue weighted by Crippen LogP contribution is 2.48. The third-order valence-corrected chi connectivity index (χ3v) is 8.28. The third-order valence-electron chi connectivity index (χ3n) is 7.95. The van der Waals surface area contributed by atoms with Crippen LogP contribution in [-0.4, -0.2) is 96.8 Å². The van der Waals surface area contributed by atoms with Gasteiger partial charge in [-0.25, -0.2) is 4.39 Å². The lowest BCUT2D eigenvalue weighted by atomic mass is 9.99. The van der Waals surface area contributed by atoms with Crippen LogP contribution in [0.2, 0.25) is 5.02 Å². The summed E-state index contributed by atoms with van der Waals surface area (Å²) in [6.07, 6.45) is 8.30. The van der Waals surface area contributed by atoms with Crippen molar-refractivity contribution < 1.29 is 18.7 Å². The minimum atomic E-state index is -0.525. The summed E-state index contributed by atoms with van der Waals surface area (Å²) in [6.45, 7) is 6.25. The molecular weight excluding hydrogens is 547 g/mol. The number of hydrogen-bond acceptors (Lipinski definition) is 8. The molecule has 0 spiro atoms. The first-order chi connectivity index (χ1) is 20.0. The van der Waals surface area contributed by atoms with Gasteiger partial charge in [0.2, 0.25) is 5.91 Å². The van der Waals surface area contributed by atoms with Crippen LogP contribution >= 0.6 is 11.6 Å². The number of methoxy groups -OCH3 is 1. The molecule has 0 bridgehead atoms. The maximum atomic E-state index is 16.1. The molecule has 2 aromatic heterocycles. The van der Waals surface area contributed by atoms with Gasteiger partial charge in [-0.1, -0.05) is 29.8 Å². The van der Waals surface area contributed by atoms with Crippen molar-refractivity contribution in [1.29, 1.82) is 0 Å². The minimum absolute atomic E-state index is 0.00816. The largest absolute Gasteiger partial charge is 0.467 e. The summed E-state index contributed by atoms with van der Waals surface area (Å²) in [4.78, 5) is 32.5. The number of benzene rings is 1. The number of aromatic nitrogens is 3. The number of carbonyl (C=O) groups excluding carboxylic acids is 1. The number of halogens is 2. The van der Waals surface area contributed by atoms with Crippen LogP contribution in [0.1, 0.15) is 30.7 Å². The fraction of sp³-hybridized carbons (Fsp3) is 0.467. The van der Waals surface area contributed by atoms with E-state index < -0.39 is 5.82 Å². The molecule has 0 radical (unpaired) electrons. The van der Waals surface area contributed by atoms with Gasteiger partial charge in [0.05, 0.1) is 19.1 Å². The standard InChI is InChI=1S/C30H34ClFN6O3/c1-40-30-34-28-22(19-33-27(26(28)32)21-5-2-6-23(31)25(21)20-8-9-20)29(35-30)38-14-12-37(13-15-38)24(39)7-3-10-36-11-4-17-41-18-16-36/h2-3,5-7,19-20H,4,8-18H2,1H3/b7-3+. The molecule has 1 aromatic carbocycles. The van der Waals surface area contributed by atoms with Crippen LogP contribution in [0.5, 0.6) is 6.01 Å². The number of fused-ring (bicyclic) bond motifs is 1. The van der Waals surface area contributed by atoms with Crippen molar-refractivity contribution in [3.63, 3.8) is 0 Å². The predicted octanol–water partition coefficient (Wildman–Crippen LogP) is 4.30. The number of amides is 1. The van der Waals surface area contributed by atoms with E-state index in [-0.39, 0.29) is 23.1 Å². The van der Waals surface area contributed by atoms with Crippen molar-refractivity contribution in [2.24, 2.45) is 0 Å². The Morgan fingerprint density at radius 2 is 1.98 bits per heavy atom. The van der Waals surface area contributed by atoms with Gasteiger partial charge < -0.3 is 19.3 Å². The maximum absolute atomic E-state index is 16.1. The fourth-order valence-corrected chi connectivity index (χ4v) is 5.93. The van der Waals surface area contributed by atoms with E-state index in [9.17, 15) is 4.79 Å². The zero-order chi connectivity index (χ0) is 28.3. The Balaban J connectivity index is 1.20. The topological polar surface area (TPSA) is 83.9 Å². The van der Waals surface area contributed by atoms with Crippen LogP contribution in [0, 0.1) is 5.82 Å². The highest BCUT2D eigenvalue weighted by atomic mass is 35.5. The number of carbonyl (C=O) groups is 1. The van der Waals surface area contributed by atoms with Crippen LogP contribution in [0.25, 0.3) is 22.2 Å². The molecule has 2 saturated heterocycles. The first-order valence-electron chi connectivity index (χ1n) is 14.2. The van der Waals surface area contributed by atoms with Gasteiger partial charge in [-0.15, -0.1) is 0 Å². The molecule has 3 aromatic rings. The molecule has 3 aliphatic rings. The highest BCUT2D eigenvalue weighted by Gasteiger charge is 2.31. The molecular formula is C30H34ClFN6O3. The number of ether oxygens (including phenoxy) is 2. The summed E-state index contributed by atoms with van der Waals surface area (Å²) in [5.41, 5.74) is 2.02. The SMILES string of the molecule is COc1nc(N2CCN(C(=O)/C=C/CN3CCCOCC3)CC2)c2cnc(-c3cccc(Cl)c3C3CC3)c(F)c2n1. The predicted molar refractivity (Wildman–Crippen MR) is 156 cm³/mol. The molecule has 6 rings (SSSR count). The average molecular weight is 581 g/mol. The quantitative estimate of drug-likeness (QED) is 0.383. The van der Waals surface area contributed by atoms with Crippen molar-refractivity contribution in [3.05, 3.63) is 53.0 Å². The molecule has 9 nitrogen and oxygen atoms in total. The maximum Gasteiger partial charge on any atom is 0.318 e. The Bertz CT molecular complexity index is 1450. The van der Waals surface area contributed by atoms with Crippen LogP contribution in [0.3, 0.4) is 0 Å². The van der Waals surface area contributed by atoms with Crippen LogP contribution in [-0.2, 0) is 9.53 Å². The van der Waals surface area contributed by atoms with Crippen molar-refractivity contribution in [1.82, 2.24) is 24.8 Å². The molecule has 3 fully saturated rings. The summed E-state index contributed by atoms with van der Waals surface area (Å²) >= 11 is 6.52. The Hall–Kier alpha value is -3.34. The lowest BCUT2D eigenvalue weighted by Crippen LogP contribution is -2.48. The summed E-state index contributed by atoms with van der Waals surface area (Å²) < 4.78 is 27.0. The number of pyridine rings is 1. The molecule has 216 valence electrons. The zero-order valence-corrected chi connectivity index (χ0v) is 23.9. The van der Waals surface area contributed by atoms with Gasteiger partial charge in [0, 0.05) is 75.3 Å². The Morgan fingerprint density at radius 1 is 1.15 bits per heavy atom. The minimum Gasteiger partial charge on any atom is -0.467 e. The summed E-state index contributed by atoms with van der Waals surface area (Å²) in [7, 11) is 1.47. The van der Waals surface area contributed by atoms with E-state index in [1.54, 1.807) is 12.3 Å². The molecule has 0 unspecified atom stereocenters. The van der Waals surface area contributed by atoms with Crippen LogP contribution in [0.15, 0.2) is 36.5 Å². The first-order valence-corrected chi connectivity index (χ1v) is 14.6. The molecule has 2 aliphatic heterocycles. The molecule has 4 heterocycles. The van der Waals surface area contributed by atoms with Gasteiger partial charge in [0.15, 0.2) is 5.82 Å². The molecule has 0 atom stereocenters. The molecule has 41 heavy (non-hydrogen) atoms. The van der Waals surface area contributed by atoms with Gasteiger partial charge in [-0.2, -0.15) is 9.97 Å². The monoisotopic (exact) mass is 580 g/mol. The van der Waals surface area contributed by atoms with Crippen molar-refractivity contribution in [2.75, 3.05) is 71.0 Å². The first kappa shape index (κ1) is 27.8. The lowest BCUT2D eigenvalue weighted by molar-refractivity contribution is -0.126. The second kappa shape index (κ2) is 12.3. The van der Waals surface area contributed by atoms with E-state index in [2.05, 4.69) is 19.9 Å². The van der Waals surface area contributed by atoms with Crippen molar-refractivity contribution in [2.45, 2.75) is 25.2 Å². The summed E-state index contributed by atoms with van der Waals surface area (Å²) in [6, 6.07) is 5.61. The molecule has 1 amide bonds. The number of anilines is 1. The van der Waals surface area contributed by atoms with Crippen molar-refractivity contribution >= 4 is 34.2 Å². The highest BCUT2D eigenvalue weighted by molar-refractivity contribution is 6.32. The summed E-state index contributed by atoms with van der Waals surface area (Å²) in [5.74, 6) is 0.336. The Kier molecular flexibility index (Phi) is 8.32. The van der Waals surface area contributed by atoms with E-state index in [1.807, 2.05) is 34.1 Å². The smallest absolute Gasteiger partial charge is 0.318 e. The number of piperazine rings is 1. The molecule has 0 N–H and O–H groups in total. The van der Waals surface area contributed by atoms with Gasteiger partial charge >= 0.3 is 6.01 Å². The Morgan fingerprint density at radius 3 is 2.76 bits per heavy atom. The van der Waals surface area contributed by atoms with E-state index in [4.69, 9.17) is 21.1 Å². The third kappa shape index (κ3) is 6.00. The lowest BCUT2D eigenvalue weighted by Gasteiger charge is -2.35. The van der Waals surface area contributed by atoms with Crippen molar-refractivity contribution in [3.8, 4) is 17.3 Å². The van der Waals surface area contributed by atoms with Crippen LogP contribution < -0.4 is 9.64 Å². The van der Waals surface area contributed by atoms with Crippen LogP contribution in [0.4, 0.5) is 10.2 Å². The van der Waals surface area contributed by atoms with Gasteiger partial charge in [-0.3, -0.25) is 14.7 Å². The number of hydrogen-bond donors (Lipinski definition) is 0. The fourth-order valence-electron chi connectivity index (χ4n) is 5.60. The second-order valence-corrected chi connectivity index (χ2v) is 11.1. The average Bonchev–Trinajstić information content (AvgIpc) is 3.85. The van der Waals surface area contributed by atoms with E-state index in [0.29, 0.717) is 53.9 Å². The zero-order valence-electron chi connectivity index (χ0n) is 23.2. The number of rotatable bonds is 7. The molecule has 1 saturated carbocycles. The second-order valence-electron chi connectivity index (χ2n) is 10.7. The number of nitrogens with zero attached hydrogens (tertiary/aromatic N) is 6. The summed E-state index contributed by atoms with van der Waals surface area (Å²) in [5, 5.41) is 1.13. The van der Waals surface area contributed by atoms with E-state index in [1.165, 1.54) is 7.11 Å². The van der Waals surface area contributed by atoms with E-state index in [0.717, 1.165) is 57.7 Å². The van der Waals surface area contributed by atoms with Gasteiger partial charge in [0.1, 0.15) is 17.0 Å². The molecule has 11 heteroatoms. The van der Waals surface area contributed by atoms with E-state index >= 15 is 4.39 Å². The molecule has 1 aliphatic carbocycles. The van der Waals surface area contributed by atoms with Gasteiger partial charge in [0.25, 0.3) is 0 Å². The van der Waals surface area contributed by atoms with Gasteiger partial charge in [-0.05, 0) is 36.8 Å².